The number of nitrogens with one attached hydrogen (secondary N) is 1. The quantitative estimate of drug-likeness (QED) is 0.276. The molecule has 10 heteroatoms. The molecule has 46 heavy (non-hydrogen) atoms. The molecule has 5 rings (SSSR count). The van der Waals surface area contributed by atoms with E-state index in [0.717, 1.165) is 56.4 Å². The molecule has 1 aliphatic carbocycles. The molecule has 3 aliphatic rings. The minimum Gasteiger partial charge on any atom is -0.487 e. The van der Waals surface area contributed by atoms with Crippen LogP contribution >= 0.6 is 11.6 Å². The standard InChI is InChI=1S/C36H49ClN2O6S/c1-24(2)35-25(3)8-7-10-33(44-19-18-43-4)31-15-12-28(31)22-39-17-6-5-9-26-20-30(37)14-11-29(26)23-45-34-16-13-27(21-32(34)39)36(40)38-46(35,41)42/h7,10-11,13-14,16,20-21,24-25,28,31,33,35H,5-6,8-9,12,15,17-19,22-23H2,1-4H3,(H,38,40)/b10-7+/t25-,28-,31+,33-,35+/m0/s1. The molecule has 0 aromatic heterocycles. The number of benzene rings is 2. The Morgan fingerprint density at radius 1 is 1.09 bits per heavy atom. The van der Waals surface area contributed by atoms with Crippen LogP contribution in [0.3, 0.4) is 0 Å². The molecule has 2 aromatic rings. The summed E-state index contributed by atoms with van der Waals surface area (Å²) in [6.07, 6.45) is 9.63. The van der Waals surface area contributed by atoms with Gasteiger partial charge in [-0.05, 0) is 104 Å². The first-order valence-electron chi connectivity index (χ1n) is 16.7. The topological polar surface area (TPSA) is 94.2 Å². The van der Waals surface area contributed by atoms with Gasteiger partial charge in [0.05, 0.1) is 30.3 Å². The second-order valence-corrected chi connectivity index (χ2v) is 15.7. The van der Waals surface area contributed by atoms with Crippen molar-refractivity contribution in [3.8, 4) is 5.75 Å². The SMILES string of the molecule is COCCO[C@H]1/C=C/C[C@H](C)[C@@H](C(C)C)S(=O)(=O)NC(=O)c2ccc3c(c2)N(CCCCc2cc(Cl)ccc2CO3)C[C@@H]2CC[C@H]21. The van der Waals surface area contributed by atoms with Crippen molar-refractivity contribution < 1.29 is 27.4 Å². The Bertz CT molecular complexity index is 1500. The van der Waals surface area contributed by atoms with Gasteiger partial charge in [-0.2, -0.15) is 0 Å². The van der Waals surface area contributed by atoms with Gasteiger partial charge in [-0.1, -0.05) is 50.6 Å². The van der Waals surface area contributed by atoms with Crippen LogP contribution in [0.25, 0.3) is 0 Å². The zero-order chi connectivity index (χ0) is 32.8. The van der Waals surface area contributed by atoms with E-state index in [0.29, 0.717) is 54.4 Å². The van der Waals surface area contributed by atoms with Crippen LogP contribution in [0.1, 0.15) is 74.4 Å². The van der Waals surface area contributed by atoms with E-state index in [-0.39, 0.29) is 17.9 Å². The number of amides is 1. The molecule has 5 atom stereocenters. The smallest absolute Gasteiger partial charge is 0.264 e. The summed E-state index contributed by atoms with van der Waals surface area (Å²) in [4.78, 5) is 15.9. The van der Waals surface area contributed by atoms with Crippen LogP contribution in [0.4, 0.5) is 5.69 Å². The number of carbonyl (C=O) groups is 1. The van der Waals surface area contributed by atoms with E-state index in [1.165, 1.54) is 5.56 Å². The van der Waals surface area contributed by atoms with E-state index < -0.39 is 21.2 Å². The van der Waals surface area contributed by atoms with Crippen molar-refractivity contribution in [3.63, 3.8) is 0 Å². The molecular formula is C36H49ClN2O6S. The molecule has 1 fully saturated rings. The van der Waals surface area contributed by atoms with E-state index in [1.807, 2.05) is 39.0 Å². The molecule has 0 saturated heterocycles. The zero-order valence-electron chi connectivity index (χ0n) is 27.5. The highest BCUT2D eigenvalue weighted by molar-refractivity contribution is 7.90. The molecule has 0 unspecified atom stereocenters. The van der Waals surface area contributed by atoms with Crippen LogP contribution in [-0.4, -0.2) is 59.1 Å². The number of methoxy groups -OCH3 is 1. The van der Waals surface area contributed by atoms with E-state index in [1.54, 1.807) is 25.3 Å². The molecule has 2 aliphatic heterocycles. The lowest BCUT2D eigenvalue weighted by atomic mass is 9.70. The van der Waals surface area contributed by atoms with Gasteiger partial charge in [0.15, 0.2) is 0 Å². The van der Waals surface area contributed by atoms with E-state index in [9.17, 15) is 13.2 Å². The molecular weight excluding hydrogens is 624 g/mol. The van der Waals surface area contributed by atoms with Crippen molar-refractivity contribution in [1.82, 2.24) is 4.72 Å². The van der Waals surface area contributed by atoms with Gasteiger partial charge in [-0.25, -0.2) is 13.1 Å². The third-order valence-corrected chi connectivity index (χ3v) is 12.3. The summed E-state index contributed by atoms with van der Waals surface area (Å²) in [6, 6.07) is 11.2. The van der Waals surface area contributed by atoms with Gasteiger partial charge in [-0.3, -0.25) is 4.79 Å². The Balaban J connectivity index is 1.55. The van der Waals surface area contributed by atoms with Crippen LogP contribution < -0.4 is 14.4 Å². The number of anilines is 1. The number of aryl methyl sites for hydroxylation is 1. The fraction of sp³-hybridized carbons (Fsp3) is 0.583. The predicted molar refractivity (Wildman–Crippen MR) is 183 cm³/mol. The number of sulfonamides is 1. The fourth-order valence-corrected chi connectivity index (χ4v) is 9.49. The number of carbonyl (C=O) groups excluding carboxylic acids is 1. The van der Waals surface area contributed by atoms with Crippen LogP contribution in [-0.2, 0) is 32.5 Å². The van der Waals surface area contributed by atoms with Crippen LogP contribution in [0.5, 0.6) is 5.75 Å². The molecule has 0 radical (unpaired) electrons. The number of nitrogens with zero attached hydrogens (tertiary/aromatic N) is 1. The first kappa shape index (κ1) is 34.7. The van der Waals surface area contributed by atoms with Gasteiger partial charge in [-0.15, -0.1) is 0 Å². The van der Waals surface area contributed by atoms with Gasteiger partial charge >= 0.3 is 0 Å². The Kier molecular flexibility index (Phi) is 11.7. The van der Waals surface area contributed by atoms with E-state index in [4.69, 9.17) is 25.8 Å². The average Bonchev–Trinajstić information content (AvgIpc) is 3.01. The Labute approximate surface area is 279 Å². The Hall–Kier alpha value is -2.59. The maximum Gasteiger partial charge on any atom is 0.264 e. The molecule has 1 amide bonds. The number of allylic oxidation sites excluding steroid dienone is 1. The summed E-state index contributed by atoms with van der Waals surface area (Å²) in [6.45, 7) is 8.66. The lowest BCUT2D eigenvalue weighted by Crippen LogP contribution is -2.45. The number of hydrogen-bond acceptors (Lipinski definition) is 7. The second kappa shape index (κ2) is 15.5. The van der Waals surface area contributed by atoms with Gasteiger partial charge in [0.2, 0.25) is 10.0 Å². The highest BCUT2D eigenvalue weighted by Gasteiger charge is 2.39. The van der Waals surface area contributed by atoms with E-state index in [2.05, 4.69) is 21.8 Å². The van der Waals surface area contributed by atoms with Crippen molar-refractivity contribution in [1.29, 1.82) is 0 Å². The minimum atomic E-state index is -3.97. The summed E-state index contributed by atoms with van der Waals surface area (Å²) < 4.78 is 48.0. The summed E-state index contributed by atoms with van der Waals surface area (Å²) in [5.41, 5.74) is 3.37. The molecule has 8 nitrogen and oxygen atoms in total. The second-order valence-electron chi connectivity index (χ2n) is 13.4. The molecule has 2 aromatic carbocycles. The molecule has 2 bridgehead atoms. The van der Waals surface area contributed by atoms with E-state index >= 15 is 0 Å². The molecule has 1 saturated carbocycles. The summed E-state index contributed by atoms with van der Waals surface area (Å²) in [5, 5.41) is -0.0290. The summed E-state index contributed by atoms with van der Waals surface area (Å²) in [5.74, 6) is 0.359. The van der Waals surface area contributed by atoms with Crippen molar-refractivity contribution in [2.24, 2.45) is 23.7 Å². The molecule has 2 heterocycles. The van der Waals surface area contributed by atoms with Crippen molar-refractivity contribution in [2.75, 3.05) is 38.3 Å². The van der Waals surface area contributed by atoms with Crippen molar-refractivity contribution in [2.45, 2.75) is 77.3 Å². The minimum absolute atomic E-state index is 0.0898. The monoisotopic (exact) mass is 672 g/mol. The third kappa shape index (κ3) is 8.27. The van der Waals surface area contributed by atoms with Gasteiger partial charge in [0.1, 0.15) is 12.4 Å². The number of hydrogen-bond donors (Lipinski definition) is 1. The third-order valence-electron chi connectivity index (χ3n) is 9.83. The lowest BCUT2D eigenvalue weighted by Gasteiger charge is -2.44. The average molecular weight is 673 g/mol. The molecule has 252 valence electrons. The maximum absolute atomic E-state index is 13.7. The van der Waals surface area contributed by atoms with Crippen molar-refractivity contribution >= 4 is 33.2 Å². The van der Waals surface area contributed by atoms with Gasteiger partial charge in [0.25, 0.3) is 5.91 Å². The highest BCUT2D eigenvalue weighted by Crippen LogP contribution is 2.42. The first-order chi connectivity index (χ1) is 22.1. The highest BCUT2D eigenvalue weighted by atomic mass is 35.5. The Morgan fingerprint density at radius 2 is 1.91 bits per heavy atom. The van der Waals surface area contributed by atoms with Crippen LogP contribution in [0, 0.1) is 23.7 Å². The summed E-state index contributed by atoms with van der Waals surface area (Å²) in [7, 11) is -2.30. The van der Waals surface area contributed by atoms with Crippen LogP contribution in [0.2, 0.25) is 5.02 Å². The zero-order valence-corrected chi connectivity index (χ0v) is 29.1. The largest absolute Gasteiger partial charge is 0.487 e. The first-order valence-corrected chi connectivity index (χ1v) is 18.6. The molecule has 0 spiro atoms. The van der Waals surface area contributed by atoms with Crippen molar-refractivity contribution in [3.05, 3.63) is 70.3 Å². The predicted octanol–water partition coefficient (Wildman–Crippen LogP) is 6.80. The summed E-state index contributed by atoms with van der Waals surface area (Å²) >= 11 is 6.35. The number of halogens is 1. The Morgan fingerprint density at radius 3 is 2.65 bits per heavy atom. The fourth-order valence-electron chi connectivity index (χ4n) is 7.34. The number of rotatable bonds is 5. The van der Waals surface area contributed by atoms with Gasteiger partial charge in [0, 0.05) is 30.8 Å². The van der Waals surface area contributed by atoms with Gasteiger partial charge < -0.3 is 19.1 Å². The number of ether oxygens (including phenoxy) is 3. The van der Waals surface area contributed by atoms with Crippen LogP contribution in [0.15, 0.2) is 48.6 Å². The maximum atomic E-state index is 13.7. The normalized spacial score (nSPS) is 27.7. The number of fused-ring (bicyclic) bond motifs is 3. The lowest BCUT2D eigenvalue weighted by molar-refractivity contribution is -0.0308. The molecule has 1 N–H and O–H groups in total.